The van der Waals surface area contributed by atoms with Gasteiger partial charge in [0.2, 0.25) is 0 Å². The van der Waals surface area contributed by atoms with Gasteiger partial charge in [0.25, 0.3) is 5.91 Å². The molecule has 0 bridgehead atoms. The topological polar surface area (TPSA) is 77.2 Å². The van der Waals surface area contributed by atoms with Crippen LogP contribution in [0.5, 0.6) is 0 Å². The molecule has 0 aromatic heterocycles. The summed E-state index contributed by atoms with van der Waals surface area (Å²) in [6, 6.07) is -0.505. The Labute approximate surface area is 246 Å². The van der Waals surface area contributed by atoms with E-state index in [-0.39, 0.29) is 41.9 Å². The van der Waals surface area contributed by atoms with Crippen molar-refractivity contribution in [2.75, 3.05) is 54.4 Å². The molecular weight excluding hydrogens is 521 g/mol. The summed E-state index contributed by atoms with van der Waals surface area (Å²) in [6.45, 7) is 3.25. The molecule has 2 heterocycles. The summed E-state index contributed by atoms with van der Waals surface area (Å²) in [4.78, 5) is 33.8. The van der Waals surface area contributed by atoms with Crippen molar-refractivity contribution in [1.82, 2.24) is 25.3 Å². The monoisotopic (exact) mass is 575 g/mol. The zero-order valence-corrected chi connectivity index (χ0v) is 25.8. The highest BCUT2D eigenvalue weighted by atomic mass is 19.1. The molecule has 9 atom stereocenters. The molecule has 9 heteroatoms. The second-order valence-electron chi connectivity index (χ2n) is 13.9. The first-order valence-corrected chi connectivity index (χ1v) is 16.4. The van der Waals surface area contributed by atoms with Gasteiger partial charge in [-0.1, -0.05) is 25.7 Å². The van der Waals surface area contributed by atoms with Gasteiger partial charge in [0.05, 0.1) is 35.9 Å². The Kier molecular flexibility index (Phi) is 10.4. The number of unbranched alkanes of at least 4 members (excludes halogenated alkanes) is 2. The quantitative estimate of drug-likeness (QED) is 0.274. The summed E-state index contributed by atoms with van der Waals surface area (Å²) < 4.78 is 22.8. The van der Waals surface area contributed by atoms with E-state index in [2.05, 4.69) is 39.4 Å². The van der Waals surface area contributed by atoms with Gasteiger partial charge in [0.1, 0.15) is 6.17 Å². The number of carbonyl (C=O) groups is 2. The van der Waals surface area contributed by atoms with E-state index in [9.17, 15) is 9.59 Å². The number of hydrogen-bond donors (Lipinski definition) is 2. The molecule has 2 N–H and O–H groups in total. The van der Waals surface area contributed by atoms with E-state index in [0.717, 1.165) is 58.2 Å². The number of hydrogen-bond acceptors (Lipinski definition) is 7. The van der Waals surface area contributed by atoms with E-state index in [4.69, 9.17) is 4.74 Å². The Hall–Kier alpha value is -1.55. The Morgan fingerprint density at radius 2 is 1.63 bits per heavy atom. The van der Waals surface area contributed by atoms with E-state index in [1.807, 2.05) is 20.3 Å². The molecule has 1 amide bonds. The number of rotatable bonds is 12. The molecule has 1 saturated heterocycles. The smallest absolute Gasteiger partial charge is 0.256 e. The van der Waals surface area contributed by atoms with E-state index < -0.39 is 24.2 Å². The van der Waals surface area contributed by atoms with Gasteiger partial charge >= 0.3 is 0 Å². The molecule has 9 unspecified atom stereocenters. The number of morpholine rings is 1. The molecule has 8 nitrogen and oxygen atoms in total. The van der Waals surface area contributed by atoms with Gasteiger partial charge < -0.3 is 30.1 Å². The Morgan fingerprint density at radius 1 is 0.976 bits per heavy atom. The van der Waals surface area contributed by atoms with Gasteiger partial charge in [-0.2, -0.15) is 0 Å². The minimum atomic E-state index is -1.18. The lowest BCUT2D eigenvalue weighted by atomic mass is 9.65. The van der Waals surface area contributed by atoms with Crippen molar-refractivity contribution in [2.45, 2.75) is 107 Å². The van der Waals surface area contributed by atoms with Crippen LogP contribution in [0, 0.1) is 17.8 Å². The fourth-order valence-corrected chi connectivity index (χ4v) is 8.37. The Bertz CT molecular complexity index is 944. The number of carbonyl (C=O) groups excluding carboxylic acids is 2. The van der Waals surface area contributed by atoms with Crippen LogP contribution in [0.2, 0.25) is 0 Å². The fourth-order valence-electron chi connectivity index (χ4n) is 8.37. The van der Waals surface area contributed by atoms with Gasteiger partial charge in [-0.3, -0.25) is 9.59 Å². The SMILES string of the molecule is CN(C)CCCCNC(=O)C1=CN2C3CC4CCCCC4CC3OC3C(NCCCCN(C)C)C(F)CC(C1=O)C32. The Balaban J connectivity index is 1.35. The molecule has 3 aliphatic carbocycles. The summed E-state index contributed by atoms with van der Waals surface area (Å²) in [6.07, 6.45) is 11.4. The highest BCUT2D eigenvalue weighted by Crippen LogP contribution is 2.50. The standard InChI is InChI=1S/C32H54FN5O3/c1-36(2)15-9-7-13-34-28-25(33)19-23-29-31(28)41-27-18-22-12-6-5-11-21(22)17-26(27)38(29)20-24(30(23)39)32(40)35-14-8-10-16-37(3)4/h20-23,25-29,31,34H,5-19H2,1-4H3,(H,35,40). The number of alkyl halides is 1. The van der Waals surface area contributed by atoms with Crippen molar-refractivity contribution in [3.63, 3.8) is 0 Å². The van der Waals surface area contributed by atoms with Crippen molar-refractivity contribution in [1.29, 1.82) is 0 Å². The molecule has 0 aromatic rings. The lowest BCUT2D eigenvalue weighted by molar-refractivity contribution is -0.208. The van der Waals surface area contributed by atoms with Gasteiger partial charge in [0, 0.05) is 18.7 Å². The normalized spacial score (nSPS) is 36.5. The molecule has 0 radical (unpaired) electrons. The maximum atomic E-state index is 15.9. The summed E-state index contributed by atoms with van der Waals surface area (Å²) in [7, 11) is 8.22. The van der Waals surface area contributed by atoms with Crippen molar-refractivity contribution in [2.24, 2.45) is 17.8 Å². The molecule has 5 rings (SSSR count). The number of nitrogens with one attached hydrogen (secondary N) is 2. The number of halogens is 1. The van der Waals surface area contributed by atoms with E-state index in [1.54, 1.807) is 0 Å². The highest BCUT2D eigenvalue weighted by molar-refractivity contribution is 6.20. The summed E-state index contributed by atoms with van der Waals surface area (Å²) in [5.41, 5.74) is 0.214. The summed E-state index contributed by atoms with van der Waals surface area (Å²) in [5, 5.41) is 6.52. The highest BCUT2D eigenvalue weighted by Gasteiger charge is 2.59. The predicted octanol–water partition coefficient (Wildman–Crippen LogP) is 2.98. The molecule has 2 aliphatic heterocycles. The first kappa shape index (κ1) is 30.9. The zero-order chi connectivity index (χ0) is 29.1. The van der Waals surface area contributed by atoms with Gasteiger partial charge in [-0.15, -0.1) is 0 Å². The number of ether oxygens (including phenoxy) is 1. The van der Waals surface area contributed by atoms with E-state index in [1.165, 1.54) is 25.7 Å². The largest absolute Gasteiger partial charge is 0.369 e. The van der Waals surface area contributed by atoms with Crippen molar-refractivity contribution in [3.8, 4) is 0 Å². The third-order valence-electron chi connectivity index (χ3n) is 10.5. The number of ketones is 1. The average molecular weight is 576 g/mol. The maximum Gasteiger partial charge on any atom is 0.256 e. The van der Waals surface area contributed by atoms with Crippen molar-refractivity contribution >= 4 is 11.7 Å². The molecule has 3 saturated carbocycles. The first-order valence-electron chi connectivity index (χ1n) is 16.4. The van der Waals surface area contributed by atoms with Crippen LogP contribution in [0.1, 0.15) is 70.6 Å². The number of amides is 1. The molecule has 5 aliphatic rings. The molecule has 4 fully saturated rings. The van der Waals surface area contributed by atoms with Crippen LogP contribution in [-0.4, -0.2) is 117 Å². The zero-order valence-electron chi connectivity index (χ0n) is 25.8. The van der Waals surface area contributed by atoms with Crippen LogP contribution in [-0.2, 0) is 14.3 Å². The van der Waals surface area contributed by atoms with Crippen LogP contribution >= 0.6 is 0 Å². The minimum Gasteiger partial charge on any atom is -0.369 e. The van der Waals surface area contributed by atoms with Crippen molar-refractivity contribution in [3.05, 3.63) is 11.8 Å². The maximum absolute atomic E-state index is 15.9. The third kappa shape index (κ3) is 7.00. The number of nitrogens with zero attached hydrogens (tertiary/aromatic N) is 3. The summed E-state index contributed by atoms with van der Waals surface area (Å²) >= 11 is 0. The third-order valence-corrected chi connectivity index (χ3v) is 10.5. The molecule has 232 valence electrons. The van der Waals surface area contributed by atoms with Crippen LogP contribution in [0.3, 0.4) is 0 Å². The first-order chi connectivity index (χ1) is 19.7. The summed E-state index contributed by atoms with van der Waals surface area (Å²) in [5.74, 6) is 0.279. The molecule has 0 aromatic carbocycles. The molecule has 0 spiro atoms. The van der Waals surface area contributed by atoms with Crippen LogP contribution in [0.25, 0.3) is 0 Å². The lowest BCUT2D eigenvalue weighted by Gasteiger charge is -2.61. The molecular formula is C32H54FN5O3. The minimum absolute atomic E-state index is 0.0133. The van der Waals surface area contributed by atoms with Gasteiger partial charge in [-0.25, -0.2) is 4.39 Å². The van der Waals surface area contributed by atoms with Crippen LogP contribution in [0.15, 0.2) is 11.8 Å². The number of Topliss-reactive ketones (excluding diaryl/α,β-unsaturated/α-hetero) is 1. The van der Waals surface area contributed by atoms with E-state index >= 15 is 4.39 Å². The average Bonchev–Trinajstić information content (AvgIpc) is 2.93. The number of fused-ring (bicyclic) bond motifs is 3. The van der Waals surface area contributed by atoms with Crippen molar-refractivity contribution < 1.29 is 18.7 Å². The van der Waals surface area contributed by atoms with Gasteiger partial charge in [0.15, 0.2) is 5.78 Å². The van der Waals surface area contributed by atoms with Gasteiger partial charge in [-0.05, 0) is 105 Å². The van der Waals surface area contributed by atoms with Crippen LogP contribution < -0.4 is 10.6 Å². The second kappa shape index (κ2) is 13.8. The fraction of sp³-hybridized carbons (Fsp3) is 0.875. The van der Waals surface area contributed by atoms with E-state index in [0.29, 0.717) is 18.4 Å². The Morgan fingerprint density at radius 3 is 2.32 bits per heavy atom. The lowest BCUT2D eigenvalue weighted by Crippen LogP contribution is -2.73. The van der Waals surface area contributed by atoms with Crippen LogP contribution in [0.4, 0.5) is 4.39 Å². The predicted molar refractivity (Wildman–Crippen MR) is 159 cm³/mol. The second-order valence-corrected chi connectivity index (χ2v) is 13.9. The molecule has 41 heavy (non-hydrogen) atoms.